The van der Waals surface area contributed by atoms with Gasteiger partial charge in [-0.2, -0.15) is 0 Å². The number of nitrogens with two attached hydrogens (primary N) is 2. The Balaban J connectivity index is 3.10. The highest BCUT2D eigenvalue weighted by atomic mass is 32.2. The summed E-state index contributed by atoms with van der Waals surface area (Å²) in [5.41, 5.74) is 10.3. The minimum Gasteiger partial charge on any atom is -0.364 e. The molecule has 2 amide bonds. The van der Waals surface area contributed by atoms with Gasteiger partial charge in [0.1, 0.15) is 10.7 Å². The van der Waals surface area contributed by atoms with Crippen molar-refractivity contribution in [3.05, 3.63) is 17.6 Å². The molecule has 0 atom stereocenters. The minimum atomic E-state index is -0.679. The summed E-state index contributed by atoms with van der Waals surface area (Å²) in [6.45, 7) is 1.99. The third-order valence-corrected chi connectivity index (χ3v) is 2.84. The van der Waals surface area contributed by atoms with Crippen LogP contribution in [0.4, 0.5) is 0 Å². The lowest BCUT2D eigenvalue weighted by molar-refractivity contribution is 0.0977. The largest absolute Gasteiger partial charge is 0.364 e. The molecular formula is C9H12N4O2S. The van der Waals surface area contributed by atoms with E-state index in [9.17, 15) is 9.59 Å². The van der Waals surface area contributed by atoms with Crippen LogP contribution >= 0.6 is 11.8 Å². The zero-order valence-electron chi connectivity index (χ0n) is 8.77. The summed E-state index contributed by atoms with van der Waals surface area (Å²) in [5.74, 6) is -0.582. The summed E-state index contributed by atoms with van der Waals surface area (Å²) < 4.78 is 0. The zero-order chi connectivity index (χ0) is 12.1. The molecule has 6 nitrogen and oxygen atoms in total. The molecule has 0 saturated carbocycles. The van der Waals surface area contributed by atoms with Gasteiger partial charge in [0.05, 0.1) is 6.20 Å². The first-order chi connectivity index (χ1) is 7.56. The number of aromatic nitrogens is 2. The van der Waals surface area contributed by atoms with E-state index in [0.717, 1.165) is 18.4 Å². The number of hydrogen-bond acceptors (Lipinski definition) is 5. The molecule has 0 aliphatic carbocycles. The maximum atomic E-state index is 11.1. The molecule has 1 rings (SSSR count). The SMILES string of the molecule is CCCSc1nc(C(N)=O)cnc1C(N)=O. The summed E-state index contributed by atoms with van der Waals surface area (Å²) in [7, 11) is 0. The van der Waals surface area contributed by atoms with Gasteiger partial charge in [0, 0.05) is 0 Å². The van der Waals surface area contributed by atoms with Crippen molar-refractivity contribution in [3.8, 4) is 0 Å². The third-order valence-electron chi connectivity index (χ3n) is 1.67. The molecule has 0 bridgehead atoms. The van der Waals surface area contributed by atoms with E-state index < -0.39 is 11.8 Å². The van der Waals surface area contributed by atoms with Crippen molar-refractivity contribution in [1.29, 1.82) is 0 Å². The van der Waals surface area contributed by atoms with Crippen molar-refractivity contribution in [3.63, 3.8) is 0 Å². The lowest BCUT2D eigenvalue weighted by atomic mass is 10.4. The van der Waals surface area contributed by atoms with E-state index in [4.69, 9.17) is 11.5 Å². The Morgan fingerprint density at radius 3 is 2.56 bits per heavy atom. The van der Waals surface area contributed by atoms with Gasteiger partial charge in [-0.3, -0.25) is 9.59 Å². The van der Waals surface area contributed by atoms with Gasteiger partial charge in [0.2, 0.25) is 0 Å². The van der Waals surface area contributed by atoms with Gasteiger partial charge in [0.25, 0.3) is 11.8 Å². The fourth-order valence-electron chi connectivity index (χ4n) is 0.959. The predicted molar refractivity (Wildman–Crippen MR) is 60.1 cm³/mol. The second-order valence-electron chi connectivity index (χ2n) is 2.99. The first kappa shape index (κ1) is 12.4. The minimum absolute atomic E-state index is 0.0311. The van der Waals surface area contributed by atoms with E-state index in [2.05, 4.69) is 9.97 Å². The Morgan fingerprint density at radius 1 is 1.38 bits per heavy atom. The predicted octanol–water partition coefficient (Wildman–Crippen LogP) is 0.177. The molecule has 1 aromatic heterocycles. The maximum Gasteiger partial charge on any atom is 0.270 e. The van der Waals surface area contributed by atoms with E-state index in [0.29, 0.717) is 5.03 Å². The van der Waals surface area contributed by atoms with Gasteiger partial charge >= 0.3 is 0 Å². The molecule has 7 heteroatoms. The Labute approximate surface area is 96.8 Å². The molecule has 0 radical (unpaired) electrons. The van der Waals surface area contributed by atoms with Crippen LogP contribution in [0.3, 0.4) is 0 Å². The second kappa shape index (κ2) is 5.45. The fraction of sp³-hybridized carbons (Fsp3) is 0.333. The third kappa shape index (κ3) is 2.93. The molecule has 0 saturated heterocycles. The summed E-state index contributed by atoms with van der Waals surface area (Å²) in [6, 6.07) is 0. The first-order valence-electron chi connectivity index (χ1n) is 4.65. The van der Waals surface area contributed by atoms with Crippen LogP contribution in [-0.4, -0.2) is 27.5 Å². The Kier molecular flexibility index (Phi) is 4.24. The average molecular weight is 240 g/mol. The topological polar surface area (TPSA) is 112 Å². The van der Waals surface area contributed by atoms with E-state index in [1.807, 2.05) is 6.92 Å². The molecule has 0 aromatic carbocycles. The van der Waals surface area contributed by atoms with Crippen LogP contribution in [-0.2, 0) is 0 Å². The van der Waals surface area contributed by atoms with Crippen LogP contribution < -0.4 is 11.5 Å². The Morgan fingerprint density at radius 2 is 2.06 bits per heavy atom. The van der Waals surface area contributed by atoms with Crippen molar-refractivity contribution >= 4 is 23.6 Å². The zero-order valence-corrected chi connectivity index (χ0v) is 9.58. The van der Waals surface area contributed by atoms with Gasteiger partial charge in [-0.25, -0.2) is 9.97 Å². The monoisotopic (exact) mass is 240 g/mol. The average Bonchev–Trinajstić information content (AvgIpc) is 2.25. The van der Waals surface area contributed by atoms with Crippen molar-refractivity contribution in [2.75, 3.05) is 5.75 Å². The number of carbonyl (C=O) groups is 2. The van der Waals surface area contributed by atoms with Crippen LogP contribution in [0, 0.1) is 0 Å². The van der Waals surface area contributed by atoms with Crippen LogP contribution in [0.5, 0.6) is 0 Å². The standard InChI is InChI=1S/C9H12N4O2S/c1-2-3-16-9-6(8(11)15)12-4-5(13-9)7(10)14/h4H,2-3H2,1H3,(H2,10,14)(H2,11,15). The summed E-state index contributed by atoms with van der Waals surface area (Å²) >= 11 is 1.32. The molecule has 16 heavy (non-hydrogen) atoms. The molecule has 86 valence electrons. The molecule has 0 aliphatic rings. The first-order valence-corrected chi connectivity index (χ1v) is 5.64. The van der Waals surface area contributed by atoms with Gasteiger partial charge in [0.15, 0.2) is 5.69 Å². The van der Waals surface area contributed by atoms with E-state index >= 15 is 0 Å². The number of hydrogen-bond donors (Lipinski definition) is 2. The van der Waals surface area contributed by atoms with E-state index in [-0.39, 0.29) is 11.4 Å². The Bertz CT molecular complexity index is 422. The number of primary amides is 2. The highest BCUT2D eigenvalue weighted by Crippen LogP contribution is 2.19. The number of nitrogens with zero attached hydrogens (tertiary/aromatic N) is 2. The van der Waals surface area contributed by atoms with Crippen LogP contribution in [0.2, 0.25) is 0 Å². The number of carbonyl (C=O) groups excluding carboxylic acids is 2. The molecule has 0 fully saturated rings. The summed E-state index contributed by atoms with van der Waals surface area (Å²) in [6.07, 6.45) is 2.06. The number of thioether (sulfide) groups is 1. The highest BCUT2D eigenvalue weighted by Gasteiger charge is 2.14. The highest BCUT2D eigenvalue weighted by molar-refractivity contribution is 7.99. The van der Waals surface area contributed by atoms with E-state index in [1.165, 1.54) is 11.8 Å². The number of amides is 2. The number of rotatable bonds is 5. The maximum absolute atomic E-state index is 11.1. The van der Waals surface area contributed by atoms with E-state index in [1.54, 1.807) is 0 Å². The smallest absolute Gasteiger partial charge is 0.270 e. The lowest BCUT2D eigenvalue weighted by Crippen LogP contribution is -2.19. The normalized spacial score (nSPS) is 10.1. The molecule has 1 heterocycles. The molecule has 0 spiro atoms. The van der Waals surface area contributed by atoms with Crippen molar-refractivity contribution in [2.45, 2.75) is 18.4 Å². The van der Waals surface area contributed by atoms with Gasteiger partial charge in [-0.15, -0.1) is 11.8 Å². The fourth-order valence-corrected chi connectivity index (χ4v) is 1.81. The summed E-state index contributed by atoms with van der Waals surface area (Å²) in [5, 5.41) is 0.352. The van der Waals surface area contributed by atoms with Crippen LogP contribution in [0.25, 0.3) is 0 Å². The Hall–Kier alpha value is -1.63. The van der Waals surface area contributed by atoms with Gasteiger partial charge in [-0.05, 0) is 12.2 Å². The van der Waals surface area contributed by atoms with Crippen LogP contribution in [0.1, 0.15) is 34.3 Å². The van der Waals surface area contributed by atoms with Gasteiger partial charge < -0.3 is 11.5 Å². The lowest BCUT2D eigenvalue weighted by Gasteiger charge is -2.04. The molecule has 1 aromatic rings. The van der Waals surface area contributed by atoms with Crippen molar-refractivity contribution < 1.29 is 9.59 Å². The second-order valence-corrected chi connectivity index (χ2v) is 4.07. The van der Waals surface area contributed by atoms with Gasteiger partial charge in [-0.1, -0.05) is 6.92 Å². The van der Waals surface area contributed by atoms with Crippen molar-refractivity contribution in [2.24, 2.45) is 11.5 Å². The van der Waals surface area contributed by atoms with Crippen LogP contribution in [0.15, 0.2) is 11.2 Å². The molecular weight excluding hydrogens is 228 g/mol. The molecule has 0 aliphatic heterocycles. The van der Waals surface area contributed by atoms with Crippen molar-refractivity contribution in [1.82, 2.24) is 9.97 Å². The summed E-state index contributed by atoms with van der Waals surface area (Å²) in [4.78, 5) is 29.7. The molecule has 0 unspecified atom stereocenters. The molecule has 4 N–H and O–H groups in total. The quantitative estimate of drug-likeness (QED) is 0.713.